The summed E-state index contributed by atoms with van der Waals surface area (Å²) in [7, 11) is 1.58. The number of aliphatic hydroxyl groups is 1. The predicted molar refractivity (Wildman–Crippen MR) is 151 cm³/mol. The van der Waals surface area contributed by atoms with Gasteiger partial charge in [-0.3, -0.25) is 14.5 Å². The van der Waals surface area contributed by atoms with Crippen LogP contribution in [0.4, 0.5) is 5.13 Å². The number of rotatable bonds is 7. The highest BCUT2D eigenvalue weighted by Gasteiger charge is 2.48. The molecule has 1 unspecified atom stereocenters. The third-order valence-corrected chi connectivity index (χ3v) is 7.74. The Hall–Kier alpha value is -4.57. The molecule has 10 heteroatoms. The molecule has 2 aliphatic heterocycles. The Kier molecular flexibility index (Phi) is 6.77. The monoisotopic (exact) mass is 558 g/mol. The molecule has 0 aliphatic carbocycles. The van der Waals surface area contributed by atoms with Crippen molar-refractivity contribution in [2.24, 2.45) is 0 Å². The fourth-order valence-corrected chi connectivity index (χ4v) is 5.80. The van der Waals surface area contributed by atoms with Crippen LogP contribution in [0.3, 0.4) is 0 Å². The van der Waals surface area contributed by atoms with E-state index >= 15 is 0 Å². The number of aliphatic hydroxyl groups excluding tert-OH is 1. The van der Waals surface area contributed by atoms with Crippen molar-refractivity contribution in [3.05, 3.63) is 77.4 Å². The van der Waals surface area contributed by atoms with Crippen molar-refractivity contribution in [3.8, 4) is 23.0 Å². The van der Waals surface area contributed by atoms with E-state index in [-0.39, 0.29) is 11.3 Å². The van der Waals surface area contributed by atoms with Crippen molar-refractivity contribution in [1.82, 2.24) is 4.98 Å². The van der Waals surface area contributed by atoms with Crippen molar-refractivity contribution in [2.45, 2.75) is 19.4 Å². The Morgan fingerprint density at radius 3 is 2.52 bits per heavy atom. The van der Waals surface area contributed by atoms with Gasteiger partial charge in [0.15, 0.2) is 16.6 Å². The van der Waals surface area contributed by atoms with Crippen LogP contribution in [-0.4, -0.2) is 48.7 Å². The maximum absolute atomic E-state index is 13.6. The van der Waals surface area contributed by atoms with Crippen LogP contribution < -0.4 is 23.8 Å². The summed E-state index contributed by atoms with van der Waals surface area (Å²) in [5.41, 5.74) is 1.58. The number of carbonyl (C=O) groups excluding carboxylic acids is 2. The van der Waals surface area contributed by atoms with Gasteiger partial charge >= 0.3 is 5.91 Å². The third-order valence-electron chi connectivity index (χ3n) is 6.72. The number of aromatic nitrogens is 1. The molecule has 2 aliphatic rings. The number of ketones is 1. The molecular weight excluding hydrogens is 532 g/mol. The summed E-state index contributed by atoms with van der Waals surface area (Å²) in [6, 6.07) is 16.6. The van der Waals surface area contributed by atoms with Gasteiger partial charge in [-0.05, 0) is 60.5 Å². The van der Waals surface area contributed by atoms with Gasteiger partial charge in [-0.2, -0.15) is 0 Å². The summed E-state index contributed by atoms with van der Waals surface area (Å²) in [5, 5.41) is 11.8. The van der Waals surface area contributed by atoms with Crippen molar-refractivity contribution in [3.63, 3.8) is 0 Å². The minimum absolute atomic E-state index is 0.0410. The summed E-state index contributed by atoms with van der Waals surface area (Å²) >= 11 is 1.27. The zero-order chi connectivity index (χ0) is 27.8. The van der Waals surface area contributed by atoms with Gasteiger partial charge in [-0.15, -0.1) is 0 Å². The summed E-state index contributed by atoms with van der Waals surface area (Å²) in [5.74, 6) is 0.439. The van der Waals surface area contributed by atoms with Gasteiger partial charge in [0.25, 0.3) is 5.78 Å². The molecule has 0 saturated carbocycles. The van der Waals surface area contributed by atoms with E-state index in [2.05, 4.69) is 4.98 Å². The lowest BCUT2D eigenvalue weighted by Crippen LogP contribution is -2.29. The zero-order valence-corrected chi connectivity index (χ0v) is 22.7. The van der Waals surface area contributed by atoms with Crippen LogP contribution in [0.15, 0.2) is 66.2 Å². The first-order valence-electron chi connectivity index (χ1n) is 12.9. The minimum Gasteiger partial charge on any atom is -0.507 e. The van der Waals surface area contributed by atoms with Crippen LogP contribution in [0.2, 0.25) is 0 Å². The van der Waals surface area contributed by atoms with Crippen LogP contribution in [-0.2, 0) is 9.59 Å². The third kappa shape index (κ3) is 4.50. The van der Waals surface area contributed by atoms with Gasteiger partial charge < -0.3 is 24.1 Å². The first-order valence-corrected chi connectivity index (χ1v) is 13.7. The minimum atomic E-state index is -0.920. The second kappa shape index (κ2) is 10.5. The number of ether oxygens (including phenoxy) is 4. The molecule has 4 aromatic rings. The van der Waals surface area contributed by atoms with Crippen LogP contribution in [0, 0.1) is 0 Å². The summed E-state index contributed by atoms with van der Waals surface area (Å²) in [6.07, 6.45) is 0.861. The molecule has 204 valence electrons. The number of Topliss-reactive ketones (excluding diaryl/α,β-unsaturated/α-hetero) is 1. The maximum Gasteiger partial charge on any atom is 0.301 e. The number of carbonyl (C=O) groups is 2. The van der Waals surface area contributed by atoms with Crippen LogP contribution >= 0.6 is 11.3 Å². The zero-order valence-electron chi connectivity index (χ0n) is 21.9. The maximum atomic E-state index is 13.6. The predicted octanol–water partition coefficient (Wildman–Crippen LogP) is 5.49. The van der Waals surface area contributed by atoms with E-state index in [1.54, 1.807) is 61.7 Å². The van der Waals surface area contributed by atoms with Crippen molar-refractivity contribution in [2.75, 3.05) is 31.8 Å². The van der Waals surface area contributed by atoms with Crippen LogP contribution in [0.25, 0.3) is 16.0 Å². The fraction of sp³-hybridized carbons (Fsp3) is 0.233. The largest absolute Gasteiger partial charge is 0.507 e. The van der Waals surface area contributed by atoms with Crippen molar-refractivity contribution in [1.29, 1.82) is 0 Å². The normalized spacial score (nSPS) is 17.9. The van der Waals surface area contributed by atoms with E-state index < -0.39 is 17.7 Å². The van der Waals surface area contributed by atoms with E-state index in [9.17, 15) is 14.7 Å². The Bertz CT molecular complexity index is 1640. The molecule has 1 amide bonds. The highest BCUT2D eigenvalue weighted by molar-refractivity contribution is 7.22. The van der Waals surface area contributed by atoms with E-state index in [1.807, 2.05) is 13.0 Å². The SMILES string of the molecule is CCCOc1ccc(C2/C(=C(/O)c3ccc4c(c3)OCCO4)C(=O)C(=O)N2c2nc3ccc(OC)cc3s2)cc1. The molecule has 3 heterocycles. The number of hydrogen-bond donors (Lipinski definition) is 1. The molecule has 40 heavy (non-hydrogen) atoms. The van der Waals surface area contributed by atoms with Gasteiger partial charge in [0.05, 0.1) is 35.5 Å². The number of anilines is 1. The van der Waals surface area contributed by atoms with Crippen LogP contribution in [0.5, 0.6) is 23.0 Å². The smallest absolute Gasteiger partial charge is 0.301 e. The van der Waals surface area contributed by atoms with Crippen LogP contribution in [0.1, 0.15) is 30.5 Å². The molecule has 0 spiro atoms. The average molecular weight is 559 g/mol. The van der Waals surface area contributed by atoms with E-state index in [4.69, 9.17) is 18.9 Å². The number of hydrogen-bond acceptors (Lipinski definition) is 9. The van der Waals surface area contributed by atoms with Crippen molar-refractivity contribution >= 4 is 44.1 Å². The van der Waals surface area contributed by atoms with Gasteiger partial charge in [0.1, 0.15) is 30.5 Å². The Labute approximate surface area is 234 Å². The number of thiazole rings is 1. The second-order valence-corrected chi connectivity index (χ2v) is 10.3. The summed E-state index contributed by atoms with van der Waals surface area (Å²) in [6.45, 7) is 3.39. The highest BCUT2D eigenvalue weighted by Crippen LogP contribution is 2.45. The quantitative estimate of drug-likeness (QED) is 0.180. The average Bonchev–Trinajstić information content (AvgIpc) is 3.53. The van der Waals surface area contributed by atoms with Crippen molar-refractivity contribution < 1.29 is 33.6 Å². The van der Waals surface area contributed by atoms with Gasteiger partial charge in [0.2, 0.25) is 0 Å². The topological polar surface area (TPSA) is 107 Å². The standard InChI is InChI=1S/C30H26N2O7S/c1-3-12-37-19-7-4-17(5-8-19)26-25(27(33)18-6-11-22-23(15-18)39-14-13-38-22)28(34)29(35)32(26)30-31-21-10-9-20(36-2)16-24(21)40-30/h4-11,15-16,26,33H,3,12-14H2,1-2H3/b27-25-. The number of methoxy groups -OCH3 is 1. The number of amides is 1. The van der Waals surface area contributed by atoms with Gasteiger partial charge in [0, 0.05) is 5.56 Å². The Morgan fingerprint density at radius 1 is 1.02 bits per heavy atom. The molecule has 6 rings (SSSR count). The molecule has 1 fully saturated rings. The molecular formula is C30H26N2O7S. The lowest BCUT2D eigenvalue weighted by molar-refractivity contribution is -0.132. The molecule has 1 saturated heterocycles. The first kappa shape index (κ1) is 25.7. The van der Waals surface area contributed by atoms with Gasteiger partial charge in [-0.1, -0.05) is 30.4 Å². The lowest BCUT2D eigenvalue weighted by Gasteiger charge is -2.23. The van der Waals surface area contributed by atoms with E-state index in [0.29, 0.717) is 64.6 Å². The number of benzene rings is 3. The molecule has 9 nitrogen and oxygen atoms in total. The van der Waals surface area contributed by atoms with E-state index in [1.165, 1.54) is 16.2 Å². The van der Waals surface area contributed by atoms with Gasteiger partial charge in [-0.25, -0.2) is 4.98 Å². The lowest BCUT2D eigenvalue weighted by atomic mass is 9.95. The molecule has 1 N–H and O–H groups in total. The molecule has 0 radical (unpaired) electrons. The summed E-state index contributed by atoms with van der Waals surface area (Å²) in [4.78, 5) is 33.2. The second-order valence-electron chi connectivity index (χ2n) is 9.28. The number of fused-ring (bicyclic) bond motifs is 2. The summed E-state index contributed by atoms with van der Waals surface area (Å²) < 4.78 is 23.1. The Morgan fingerprint density at radius 2 is 1.77 bits per heavy atom. The molecule has 3 aromatic carbocycles. The molecule has 1 atom stereocenters. The Balaban J connectivity index is 1.49. The first-order chi connectivity index (χ1) is 19.5. The fourth-order valence-electron chi connectivity index (χ4n) is 4.78. The molecule has 1 aromatic heterocycles. The number of nitrogens with zero attached hydrogens (tertiary/aromatic N) is 2. The van der Waals surface area contributed by atoms with E-state index in [0.717, 1.165) is 11.1 Å². The highest BCUT2D eigenvalue weighted by atomic mass is 32.1. The molecule has 0 bridgehead atoms.